The summed E-state index contributed by atoms with van der Waals surface area (Å²) in [4.78, 5) is 10.8. The van der Waals surface area contributed by atoms with E-state index in [1.165, 1.54) is 8.93 Å². The minimum absolute atomic E-state index is 0.187. The van der Waals surface area contributed by atoms with E-state index >= 15 is 0 Å². The summed E-state index contributed by atoms with van der Waals surface area (Å²) in [6.07, 6.45) is 0.509. The van der Waals surface area contributed by atoms with E-state index in [0.29, 0.717) is 6.42 Å². The number of hydrogen-bond donors (Lipinski definition) is 0. The van der Waals surface area contributed by atoms with Gasteiger partial charge in [0, 0.05) is 33.2 Å². The molecule has 0 fully saturated rings. The molecule has 3 heteroatoms. The monoisotopic (exact) mass is 316 g/mol. The second-order valence-corrected chi connectivity index (χ2v) is 4.56. The lowest BCUT2D eigenvalue weighted by Crippen LogP contribution is -1.95. The Morgan fingerprint density at radius 1 is 1.43 bits per heavy atom. The van der Waals surface area contributed by atoms with Crippen molar-refractivity contribution >= 4 is 35.9 Å². The van der Waals surface area contributed by atoms with Gasteiger partial charge in [0.15, 0.2) is 0 Å². The maximum absolute atomic E-state index is 10.8. The van der Waals surface area contributed by atoms with Crippen molar-refractivity contribution in [3.63, 3.8) is 0 Å². The number of carbonyl (C=O) groups is 1. The van der Waals surface area contributed by atoms with Gasteiger partial charge in [0.1, 0.15) is 5.78 Å². The van der Waals surface area contributed by atoms with Crippen LogP contribution in [0.15, 0.2) is 24.3 Å². The minimum Gasteiger partial charge on any atom is -0.300 e. The Kier molecular flexibility index (Phi) is 5.05. The first-order valence-electron chi connectivity index (χ1n) is 4.09. The molecule has 0 atom stereocenters. The highest BCUT2D eigenvalue weighted by Gasteiger charge is 1.96. The summed E-state index contributed by atoms with van der Waals surface area (Å²) in [7, 11) is 1.47. The number of hydrogen-bond acceptors (Lipinski definition) is 2. The molecule has 1 aromatic rings. The SMILES string of the molecule is CC(=O)Cc1ccc(C#CSI)cc1. The van der Waals surface area contributed by atoms with Crippen LogP contribution < -0.4 is 0 Å². The summed E-state index contributed by atoms with van der Waals surface area (Å²) in [5, 5.41) is 2.91. The molecule has 1 nitrogen and oxygen atoms in total. The van der Waals surface area contributed by atoms with Gasteiger partial charge < -0.3 is 0 Å². The molecule has 0 aliphatic rings. The molecule has 0 aliphatic heterocycles. The van der Waals surface area contributed by atoms with Crippen molar-refractivity contribution < 1.29 is 4.79 Å². The van der Waals surface area contributed by atoms with Gasteiger partial charge in [-0.05, 0) is 38.8 Å². The maximum atomic E-state index is 10.8. The number of ketones is 1. The zero-order chi connectivity index (χ0) is 10.4. The van der Waals surface area contributed by atoms with Crippen molar-refractivity contribution in [3.8, 4) is 11.2 Å². The maximum Gasteiger partial charge on any atom is 0.134 e. The lowest BCUT2D eigenvalue weighted by atomic mass is 10.1. The molecule has 1 rings (SSSR count). The summed E-state index contributed by atoms with van der Waals surface area (Å²) in [6, 6.07) is 7.78. The van der Waals surface area contributed by atoms with Crippen molar-refractivity contribution in [1.82, 2.24) is 0 Å². The zero-order valence-corrected chi connectivity index (χ0v) is 10.7. The fraction of sp³-hybridized carbons (Fsp3) is 0.182. The smallest absolute Gasteiger partial charge is 0.134 e. The molecule has 14 heavy (non-hydrogen) atoms. The molecule has 0 radical (unpaired) electrons. The van der Waals surface area contributed by atoms with E-state index in [1.54, 1.807) is 6.92 Å². The Morgan fingerprint density at radius 3 is 2.57 bits per heavy atom. The summed E-state index contributed by atoms with van der Waals surface area (Å²) < 4.78 is 0. The van der Waals surface area contributed by atoms with E-state index in [-0.39, 0.29) is 5.78 Å². The first-order valence-corrected chi connectivity index (χ1v) is 7.45. The molecule has 72 valence electrons. The number of halogens is 1. The fourth-order valence-corrected chi connectivity index (χ4v) is 1.56. The first kappa shape index (κ1) is 11.6. The predicted molar refractivity (Wildman–Crippen MR) is 69.3 cm³/mol. The fourth-order valence-electron chi connectivity index (χ4n) is 1.07. The van der Waals surface area contributed by atoms with Crippen molar-refractivity contribution in [2.24, 2.45) is 0 Å². The summed E-state index contributed by atoms with van der Waals surface area (Å²) in [5.74, 6) is 3.18. The van der Waals surface area contributed by atoms with Gasteiger partial charge in [-0.15, -0.1) is 0 Å². The van der Waals surface area contributed by atoms with Crippen LogP contribution in [0, 0.1) is 11.2 Å². The quantitative estimate of drug-likeness (QED) is 0.616. The first-order chi connectivity index (χ1) is 6.72. The Bertz CT molecular complexity index is 373. The van der Waals surface area contributed by atoms with Gasteiger partial charge in [-0.2, -0.15) is 0 Å². The highest BCUT2D eigenvalue weighted by Crippen LogP contribution is 2.09. The summed E-state index contributed by atoms with van der Waals surface area (Å²) in [5.41, 5.74) is 2.03. The normalized spacial score (nSPS) is 9.00. The van der Waals surface area contributed by atoms with E-state index in [9.17, 15) is 4.79 Å². The predicted octanol–water partition coefficient (Wildman–Crippen LogP) is 3.21. The lowest BCUT2D eigenvalue weighted by molar-refractivity contribution is -0.116. The molecular formula is C11H9IOS. The van der Waals surface area contributed by atoms with Crippen LogP contribution in [-0.4, -0.2) is 5.78 Å². The van der Waals surface area contributed by atoms with E-state index in [0.717, 1.165) is 11.1 Å². The standard InChI is InChI=1S/C11H9IOS/c1-9(13)8-11-4-2-10(3-5-11)6-7-14-12/h2-5H,8H2,1H3. The zero-order valence-electron chi connectivity index (χ0n) is 7.71. The van der Waals surface area contributed by atoms with Gasteiger partial charge >= 0.3 is 0 Å². The molecule has 0 amide bonds. The number of benzene rings is 1. The molecule has 0 aromatic heterocycles. The van der Waals surface area contributed by atoms with Gasteiger partial charge in [0.05, 0.1) is 0 Å². The molecule has 0 aliphatic carbocycles. The van der Waals surface area contributed by atoms with E-state index in [4.69, 9.17) is 0 Å². The average Bonchev–Trinajstić information content (AvgIpc) is 2.16. The second kappa shape index (κ2) is 6.10. The van der Waals surface area contributed by atoms with E-state index in [1.807, 2.05) is 24.3 Å². The van der Waals surface area contributed by atoms with Crippen LogP contribution in [0.1, 0.15) is 18.1 Å². The topological polar surface area (TPSA) is 17.1 Å². The third-order valence-corrected chi connectivity index (χ3v) is 2.48. The molecule has 0 unspecified atom stereocenters. The lowest BCUT2D eigenvalue weighted by Gasteiger charge is -1.96. The third kappa shape index (κ3) is 4.16. The van der Waals surface area contributed by atoms with Crippen molar-refractivity contribution in [3.05, 3.63) is 35.4 Å². The Balaban J connectivity index is 2.73. The summed E-state index contributed by atoms with van der Waals surface area (Å²) >= 11 is 2.14. The van der Waals surface area contributed by atoms with Crippen molar-refractivity contribution in [2.45, 2.75) is 13.3 Å². The van der Waals surface area contributed by atoms with Gasteiger partial charge in [-0.25, -0.2) is 0 Å². The Labute approximate surface area is 100 Å². The molecule has 1 aromatic carbocycles. The average molecular weight is 316 g/mol. The molecule has 0 saturated carbocycles. The van der Waals surface area contributed by atoms with Crippen LogP contribution in [-0.2, 0) is 11.2 Å². The Hall–Kier alpha value is -0.470. The van der Waals surface area contributed by atoms with E-state index < -0.39 is 0 Å². The van der Waals surface area contributed by atoms with Gasteiger partial charge in [-0.1, -0.05) is 18.1 Å². The van der Waals surface area contributed by atoms with Crippen LogP contribution in [0.4, 0.5) is 0 Å². The largest absolute Gasteiger partial charge is 0.300 e. The van der Waals surface area contributed by atoms with Crippen LogP contribution in [0.25, 0.3) is 0 Å². The van der Waals surface area contributed by atoms with Crippen molar-refractivity contribution in [2.75, 3.05) is 0 Å². The van der Waals surface area contributed by atoms with E-state index in [2.05, 4.69) is 32.4 Å². The van der Waals surface area contributed by atoms with Crippen LogP contribution in [0.2, 0.25) is 0 Å². The minimum atomic E-state index is 0.187. The van der Waals surface area contributed by atoms with Crippen LogP contribution in [0.3, 0.4) is 0 Å². The Morgan fingerprint density at radius 2 is 2.07 bits per heavy atom. The molecule has 0 N–H and O–H groups in total. The molecule has 0 spiro atoms. The summed E-state index contributed by atoms with van der Waals surface area (Å²) in [6.45, 7) is 1.60. The number of rotatable bonds is 2. The van der Waals surface area contributed by atoms with Gasteiger partial charge in [0.25, 0.3) is 0 Å². The molecule has 0 bridgehead atoms. The van der Waals surface area contributed by atoms with Gasteiger partial charge in [0.2, 0.25) is 0 Å². The second-order valence-electron chi connectivity index (χ2n) is 2.88. The molecule has 0 heterocycles. The van der Waals surface area contributed by atoms with Crippen LogP contribution >= 0.6 is 30.1 Å². The number of Topliss-reactive ketones (excluding diaryl/α,β-unsaturated/α-hetero) is 1. The van der Waals surface area contributed by atoms with Gasteiger partial charge in [-0.3, -0.25) is 4.79 Å². The highest BCUT2D eigenvalue weighted by atomic mass is 127. The highest BCUT2D eigenvalue weighted by molar-refractivity contribution is 14.2. The molecule has 0 saturated heterocycles. The number of carbonyl (C=O) groups excluding carboxylic acids is 1. The van der Waals surface area contributed by atoms with Crippen molar-refractivity contribution in [1.29, 1.82) is 0 Å². The third-order valence-electron chi connectivity index (χ3n) is 1.64. The molecular weight excluding hydrogens is 307 g/mol. The van der Waals surface area contributed by atoms with Crippen LogP contribution in [0.5, 0.6) is 0 Å².